The van der Waals surface area contributed by atoms with Gasteiger partial charge in [-0.05, 0) is 53.5 Å². The van der Waals surface area contributed by atoms with Crippen LogP contribution < -0.4 is 0 Å². The molecule has 3 rings (SSSR count). The predicted octanol–water partition coefficient (Wildman–Crippen LogP) is 5.03. The van der Waals surface area contributed by atoms with Crippen LogP contribution in [0.15, 0.2) is 41.0 Å². The summed E-state index contributed by atoms with van der Waals surface area (Å²) >= 11 is 9.49. The molecule has 0 unspecified atom stereocenters. The van der Waals surface area contributed by atoms with Crippen LogP contribution in [-0.4, -0.2) is 9.38 Å². The zero-order valence-corrected chi connectivity index (χ0v) is 13.0. The maximum absolute atomic E-state index is 5.93. The molecule has 0 N–H and O–H groups in total. The Morgan fingerprint density at radius 3 is 2.53 bits per heavy atom. The Morgan fingerprint density at radius 1 is 1.16 bits per heavy atom. The molecule has 1 aromatic carbocycles. The zero-order valence-electron chi connectivity index (χ0n) is 10.6. The molecule has 0 saturated heterocycles. The molecule has 0 atom stereocenters. The molecule has 4 heteroatoms. The monoisotopic (exact) mass is 334 g/mol. The van der Waals surface area contributed by atoms with E-state index in [-0.39, 0.29) is 0 Å². The van der Waals surface area contributed by atoms with E-state index in [1.54, 1.807) is 0 Å². The molecule has 0 saturated carbocycles. The van der Waals surface area contributed by atoms with Gasteiger partial charge in [0.05, 0.1) is 5.69 Å². The maximum Gasteiger partial charge on any atom is 0.137 e. The minimum absolute atomic E-state index is 0.740. The average molecular weight is 336 g/mol. The van der Waals surface area contributed by atoms with Crippen LogP contribution in [0.25, 0.3) is 16.9 Å². The molecule has 3 aromatic rings. The molecule has 0 spiro atoms. The third-order valence-electron chi connectivity index (χ3n) is 3.26. The third kappa shape index (κ3) is 2.17. The summed E-state index contributed by atoms with van der Waals surface area (Å²) in [7, 11) is 0. The van der Waals surface area contributed by atoms with Gasteiger partial charge in [-0.1, -0.05) is 23.7 Å². The summed E-state index contributed by atoms with van der Waals surface area (Å²) in [5.41, 5.74) is 5.34. The number of benzene rings is 1. The number of aromatic nitrogens is 2. The van der Waals surface area contributed by atoms with E-state index in [1.165, 1.54) is 5.56 Å². The van der Waals surface area contributed by atoms with E-state index in [1.807, 2.05) is 24.3 Å². The topological polar surface area (TPSA) is 17.3 Å². The SMILES string of the molecule is Cc1cc2nc(-c3ccc(Cl)cc3)c(C)n2cc1Br. The number of pyridine rings is 1. The summed E-state index contributed by atoms with van der Waals surface area (Å²) in [6.45, 7) is 4.14. The standard InChI is InChI=1S/C15H12BrClN2/c1-9-7-14-18-15(10(2)19(14)8-13(9)16)11-3-5-12(17)6-4-11/h3-8H,1-2H3. The molecule has 0 fully saturated rings. The van der Waals surface area contributed by atoms with Gasteiger partial charge in [-0.15, -0.1) is 0 Å². The maximum atomic E-state index is 5.93. The van der Waals surface area contributed by atoms with Crippen LogP contribution in [-0.2, 0) is 0 Å². The van der Waals surface area contributed by atoms with Gasteiger partial charge in [-0.3, -0.25) is 0 Å². The average Bonchev–Trinajstić information content (AvgIpc) is 2.69. The van der Waals surface area contributed by atoms with Crippen LogP contribution in [0.3, 0.4) is 0 Å². The van der Waals surface area contributed by atoms with E-state index < -0.39 is 0 Å². The van der Waals surface area contributed by atoms with Gasteiger partial charge >= 0.3 is 0 Å². The van der Waals surface area contributed by atoms with E-state index in [4.69, 9.17) is 16.6 Å². The second kappa shape index (κ2) is 4.66. The number of hydrogen-bond acceptors (Lipinski definition) is 1. The quantitative estimate of drug-likeness (QED) is 0.609. The van der Waals surface area contributed by atoms with Crippen molar-refractivity contribution in [3.63, 3.8) is 0 Å². The first-order valence-electron chi connectivity index (χ1n) is 5.97. The second-order valence-corrected chi connectivity index (χ2v) is 5.88. The van der Waals surface area contributed by atoms with Gasteiger partial charge in [0.25, 0.3) is 0 Å². The van der Waals surface area contributed by atoms with Crippen LogP contribution >= 0.6 is 27.5 Å². The van der Waals surface area contributed by atoms with Crippen molar-refractivity contribution in [1.29, 1.82) is 0 Å². The van der Waals surface area contributed by atoms with E-state index in [0.29, 0.717) is 0 Å². The lowest BCUT2D eigenvalue weighted by molar-refractivity contribution is 1.09. The van der Waals surface area contributed by atoms with Gasteiger partial charge < -0.3 is 4.40 Å². The Morgan fingerprint density at radius 2 is 1.84 bits per heavy atom. The van der Waals surface area contributed by atoms with E-state index in [2.05, 4.69) is 46.4 Å². The molecule has 96 valence electrons. The smallest absolute Gasteiger partial charge is 0.137 e. The van der Waals surface area contributed by atoms with Gasteiger partial charge in [0.2, 0.25) is 0 Å². The molecular weight excluding hydrogens is 324 g/mol. The first-order chi connectivity index (χ1) is 9.06. The fourth-order valence-corrected chi connectivity index (χ4v) is 2.60. The number of nitrogens with zero attached hydrogens (tertiary/aromatic N) is 2. The highest BCUT2D eigenvalue weighted by atomic mass is 79.9. The summed E-state index contributed by atoms with van der Waals surface area (Å²) in [5.74, 6) is 0. The van der Waals surface area contributed by atoms with Gasteiger partial charge in [-0.2, -0.15) is 0 Å². The summed E-state index contributed by atoms with van der Waals surface area (Å²) in [4.78, 5) is 4.71. The lowest BCUT2D eigenvalue weighted by Gasteiger charge is -2.01. The highest BCUT2D eigenvalue weighted by molar-refractivity contribution is 9.10. The van der Waals surface area contributed by atoms with Crippen molar-refractivity contribution in [3.8, 4) is 11.3 Å². The van der Waals surface area contributed by atoms with Crippen molar-refractivity contribution in [2.75, 3.05) is 0 Å². The molecule has 0 bridgehead atoms. The predicted molar refractivity (Wildman–Crippen MR) is 82.8 cm³/mol. The number of rotatable bonds is 1. The van der Waals surface area contributed by atoms with Gasteiger partial charge in [0, 0.05) is 26.9 Å². The van der Waals surface area contributed by atoms with Gasteiger partial charge in [0.1, 0.15) is 5.65 Å². The van der Waals surface area contributed by atoms with Crippen molar-refractivity contribution in [3.05, 3.63) is 57.3 Å². The summed E-state index contributed by atoms with van der Waals surface area (Å²) < 4.78 is 3.18. The van der Waals surface area contributed by atoms with Crippen LogP contribution in [0.5, 0.6) is 0 Å². The van der Waals surface area contributed by atoms with E-state index in [9.17, 15) is 0 Å². The fraction of sp³-hybridized carbons (Fsp3) is 0.133. The summed E-state index contributed by atoms with van der Waals surface area (Å²) in [6.07, 6.45) is 2.06. The molecule has 0 amide bonds. The summed E-state index contributed by atoms with van der Waals surface area (Å²) in [6, 6.07) is 9.86. The molecule has 0 aliphatic carbocycles. The van der Waals surface area contributed by atoms with Gasteiger partial charge in [0.15, 0.2) is 0 Å². The Labute approximate surface area is 125 Å². The number of imidazole rings is 1. The number of aryl methyl sites for hydroxylation is 2. The Kier molecular flexibility index (Phi) is 3.11. The van der Waals surface area contributed by atoms with E-state index >= 15 is 0 Å². The Hall–Kier alpha value is -1.32. The zero-order chi connectivity index (χ0) is 13.6. The molecule has 0 aliphatic rings. The highest BCUT2D eigenvalue weighted by Gasteiger charge is 2.11. The molecule has 19 heavy (non-hydrogen) atoms. The van der Waals surface area contributed by atoms with Crippen molar-refractivity contribution in [2.45, 2.75) is 13.8 Å². The summed E-state index contributed by atoms with van der Waals surface area (Å²) in [5, 5.41) is 0.740. The molecule has 0 radical (unpaired) electrons. The Bertz CT molecular complexity index is 760. The lowest BCUT2D eigenvalue weighted by atomic mass is 10.1. The van der Waals surface area contributed by atoms with Crippen molar-refractivity contribution in [1.82, 2.24) is 9.38 Å². The largest absolute Gasteiger partial charge is 0.303 e. The molecule has 0 aliphatic heterocycles. The van der Waals surface area contributed by atoms with Crippen molar-refractivity contribution in [2.24, 2.45) is 0 Å². The van der Waals surface area contributed by atoms with Crippen LogP contribution in [0.1, 0.15) is 11.3 Å². The second-order valence-electron chi connectivity index (χ2n) is 4.59. The lowest BCUT2D eigenvalue weighted by Crippen LogP contribution is -1.89. The fourth-order valence-electron chi connectivity index (χ4n) is 2.16. The van der Waals surface area contributed by atoms with Crippen LogP contribution in [0.2, 0.25) is 5.02 Å². The molecule has 2 aromatic heterocycles. The number of hydrogen-bond donors (Lipinski definition) is 0. The minimum atomic E-state index is 0.740. The molecular formula is C15H12BrClN2. The molecule has 2 heterocycles. The molecule has 2 nitrogen and oxygen atoms in total. The van der Waals surface area contributed by atoms with Crippen LogP contribution in [0.4, 0.5) is 0 Å². The number of halogens is 2. The number of fused-ring (bicyclic) bond motifs is 1. The highest BCUT2D eigenvalue weighted by Crippen LogP contribution is 2.27. The van der Waals surface area contributed by atoms with Gasteiger partial charge in [-0.25, -0.2) is 4.98 Å². The normalized spacial score (nSPS) is 11.2. The van der Waals surface area contributed by atoms with Crippen molar-refractivity contribution >= 4 is 33.2 Å². The first-order valence-corrected chi connectivity index (χ1v) is 7.14. The van der Waals surface area contributed by atoms with E-state index in [0.717, 1.165) is 32.1 Å². The van der Waals surface area contributed by atoms with Crippen molar-refractivity contribution < 1.29 is 0 Å². The first kappa shape index (κ1) is 12.7. The van der Waals surface area contributed by atoms with Crippen LogP contribution in [0, 0.1) is 13.8 Å². The Balaban J connectivity index is 2.25. The minimum Gasteiger partial charge on any atom is -0.303 e. The third-order valence-corrected chi connectivity index (χ3v) is 4.34.